The lowest BCUT2D eigenvalue weighted by molar-refractivity contribution is -0.140. The van der Waals surface area contributed by atoms with Crippen molar-refractivity contribution >= 4 is 22.6 Å². The van der Waals surface area contributed by atoms with Crippen molar-refractivity contribution in [1.29, 1.82) is 0 Å². The number of fused-ring (bicyclic) bond motifs is 1. The minimum absolute atomic E-state index is 0.191. The molecule has 116 valence electrons. The predicted octanol–water partition coefficient (Wildman–Crippen LogP) is 4.69. The van der Waals surface area contributed by atoms with Gasteiger partial charge in [-0.1, -0.05) is 13.0 Å². The summed E-state index contributed by atoms with van der Waals surface area (Å²) in [4.78, 5) is 4.26. The van der Waals surface area contributed by atoms with Crippen LogP contribution in [0.3, 0.4) is 0 Å². The summed E-state index contributed by atoms with van der Waals surface area (Å²) in [6, 6.07) is 4.95. The summed E-state index contributed by atoms with van der Waals surface area (Å²) in [6.07, 6.45) is -3.53. The molecule has 0 saturated heterocycles. The zero-order valence-electron chi connectivity index (χ0n) is 11.7. The number of aromatic nitrogens is 2. The maximum Gasteiger partial charge on any atom is 0.406 e. The number of benzene rings is 1. The van der Waals surface area contributed by atoms with Crippen molar-refractivity contribution in [1.82, 2.24) is 9.55 Å². The molecule has 0 spiro atoms. The summed E-state index contributed by atoms with van der Waals surface area (Å²) in [5.74, 6) is 0.672. The monoisotopic (exact) mass is 320 g/mol. The van der Waals surface area contributed by atoms with E-state index in [9.17, 15) is 13.2 Å². The third kappa shape index (κ3) is 3.61. The average molecular weight is 321 g/mol. The van der Waals surface area contributed by atoms with Crippen LogP contribution >= 0.6 is 11.6 Å². The second kappa shape index (κ2) is 6.13. The van der Waals surface area contributed by atoms with Gasteiger partial charge in [-0.3, -0.25) is 0 Å². The molecule has 0 N–H and O–H groups in total. The Morgan fingerprint density at radius 1 is 1.38 bits per heavy atom. The summed E-state index contributed by atoms with van der Waals surface area (Å²) in [5.41, 5.74) is 0.793. The average Bonchev–Trinajstić information content (AvgIpc) is 2.74. The number of hydrogen-bond acceptors (Lipinski definition) is 2. The highest BCUT2D eigenvalue weighted by atomic mass is 35.5. The molecule has 1 aromatic heterocycles. The first-order chi connectivity index (χ1) is 9.83. The van der Waals surface area contributed by atoms with E-state index in [1.54, 1.807) is 25.1 Å². The Balaban J connectivity index is 2.56. The second-order valence-electron chi connectivity index (χ2n) is 4.76. The second-order valence-corrected chi connectivity index (χ2v) is 5.41. The first-order valence-corrected chi connectivity index (χ1v) is 7.10. The van der Waals surface area contributed by atoms with E-state index in [1.807, 2.05) is 6.92 Å². The van der Waals surface area contributed by atoms with Crippen LogP contribution in [0, 0.1) is 0 Å². The van der Waals surface area contributed by atoms with Gasteiger partial charge in [0.15, 0.2) is 0 Å². The van der Waals surface area contributed by atoms with E-state index < -0.39 is 18.1 Å². The zero-order valence-corrected chi connectivity index (χ0v) is 12.5. The number of halogens is 4. The van der Waals surface area contributed by atoms with Gasteiger partial charge in [-0.25, -0.2) is 4.98 Å². The standard InChI is InChI=1S/C14H16ClF3N2O/c1-3-7-21-11-6-4-5-10-12(11)19-13(9(2)15)20(10)8-14(16,17)18/h4-6,9H,3,7-8H2,1-2H3. The predicted molar refractivity (Wildman–Crippen MR) is 75.8 cm³/mol. The first-order valence-electron chi connectivity index (χ1n) is 6.66. The van der Waals surface area contributed by atoms with Gasteiger partial charge in [-0.05, 0) is 25.5 Å². The van der Waals surface area contributed by atoms with E-state index in [4.69, 9.17) is 16.3 Å². The normalized spacial score (nSPS) is 13.6. The molecule has 0 amide bonds. The Morgan fingerprint density at radius 3 is 2.67 bits per heavy atom. The van der Waals surface area contributed by atoms with Crippen molar-refractivity contribution in [3.63, 3.8) is 0 Å². The third-order valence-electron chi connectivity index (χ3n) is 2.93. The van der Waals surface area contributed by atoms with Crippen LogP contribution in [-0.2, 0) is 6.54 Å². The van der Waals surface area contributed by atoms with Gasteiger partial charge in [-0.2, -0.15) is 13.2 Å². The Bertz CT molecular complexity index is 622. The van der Waals surface area contributed by atoms with Crippen molar-refractivity contribution in [3.8, 4) is 5.75 Å². The lowest BCUT2D eigenvalue weighted by Gasteiger charge is -2.13. The van der Waals surface area contributed by atoms with Crippen LogP contribution in [0.1, 0.15) is 31.5 Å². The Labute approximate surface area is 125 Å². The minimum Gasteiger partial charge on any atom is -0.491 e. The molecular weight excluding hydrogens is 305 g/mol. The van der Waals surface area contributed by atoms with E-state index >= 15 is 0 Å². The van der Waals surface area contributed by atoms with Crippen molar-refractivity contribution < 1.29 is 17.9 Å². The van der Waals surface area contributed by atoms with Crippen molar-refractivity contribution in [2.24, 2.45) is 0 Å². The lowest BCUT2D eigenvalue weighted by Crippen LogP contribution is -2.19. The van der Waals surface area contributed by atoms with Gasteiger partial charge >= 0.3 is 6.18 Å². The summed E-state index contributed by atoms with van der Waals surface area (Å²) in [7, 11) is 0. The molecule has 0 aliphatic heterocycles. The van der Waals surface area contributed by atoms with Crippen LogP contribution < -0.4 is 4.74 Å². The van der Waals surface area contributed by atoms with Gasteiger partial charge in [0, 0.05) is 0 Å². The number of hydrogen-bond donors (Lipinski definition) is 0. The fourth-order valence-electron chi connectivity index (χ4n) is 2.12. The van der Waals surface area contributed by atoms with E-state index in [0.29, 0.717) is 23.4 Å². The van der Waals surface area contributed by atoms with Crippen LogP contribution in [0.25, 0.3) is 11.0 Å². The van der Waals surface area contributed by atoms with Crippen LogP contribution in [-0.4, -0.2) is 22.3 Å². The Kier molecular flexibility index (Phi) is 4.66. The van der Waals surface area contributed by atoms with Crippen LogP contribution in [0.2, 0.25) is 0 Å². The molecule has 0 aliphatic carbocycles. The van der Waals surface area contributed by atoms with Crippen molar-refractivity contribution in [2.45, 2.75) is 38.4 Å². The molecule has 1 aromatic carbocycles. The molecule has 2 aromatic rings. The largest absolute Gasteiger partial charge is 0.491 e. The highest BCUT2D eigenvalue weighted by molar-refractivity contribution is 6.20. The number of para-hydroxylation sites is 1. The number of imidazole rings is 1. The molecule has 0 saturated carbocycles. The van der Waals surface area contributed by atoms with E-state index in [1.165, 1.54) is 0 Å². The number of alkyl halides is 4. The quantitative estimate of drug-likeness (QED) is 0.747. The fraction of sp³-hybridized carbons (Fsp3) is 0.500. The van der Waals surface area contributed by atoms with E-state index in [0.717, 1.165) is 11.0 Å². The summed E-state index contributed by atoms with van der Waals surface area (Å²) in [5, 5.41) is -0.626. The molecule has 21 heavy (non-hydrogen) atoms. The Morgan fingerprint density at radius 2 is 2.10 bits per heavy atom. The maximum absolute atomic E-state index is 12.8. The molecule has 0 radical (unpaired) electrons. The molecule has 1 heterocycles. The maximum atomic E-state index is 12.8. The van der Waals surface area contributed by atoms with Gasteiger partial charge in [0.2, 0.25) is 0 Å². The first kappa shape index (κ1) is 15.9. The van der Waals surface area contributed by atoms with Gasteiger partial charge < -0.3 is 9.30 Å². The van der Waals surface area contributed by atoms with E-state index in [-0.39, 0.29) is 5.82 Å². The third-order valence-corrected chi connectivity index (χ3v) is 3.12. The molecule has 0 bridgehead atoms. The molecule has 1 atom stereocenters. The van der Waals surface area contributed by atoms with Crippen LogP contribution in [0.15, 0.2) is 18.2 Å². The lowest BCUT2D eigenvalue weighted by atomic mass is 10.3. The minimum atomic E-state index is -4.34. The van der Waals surface area contributed by atoms with Crippen LogP contribution in [0.4, 0.5) is 13.2 Å². The van der Waals surface area contributed by atoms with E-state index in [2.05, 4.69) is 4.98 Å². The number of nitrogens with zero attached hydrogens (tertiary/aromatic N) is 2. The molecular formula is C14H16ClF3N2O. The molecule has 0 aliphatic rings. The summed E-state index contributed by atoms with van der Waals surface area (Å²) < 4.78 is 45.0. The highest BCUT2D eigenvalue weighted by Crippen LogP contribution is 2.32. The molecule has 7 heteroatoms. The topological polar surface area (TPSA) is 27.1 Å². The van der Waals surface area contributed by atoms with Gasteiger partial charge in [-0.15, -0.1) is 11.6 Å². The van der Waals surface area contributed by atoms with Crippen molar-refractivity contribution in [3.05, 3.63) is 24.0 Å². The summed E-state index contributed by atoms with van der Waals surface area (Å²) in [6.45, 7) is 2.92. The Hall–Kier alpha value is -1.43. The molecule has 3 nitrogen and oxygen atoms in total. The van der Waals surface area contributed by atoms with Crippen LogP contribution in [0.5, 0.6) is 5.75 Å². The highest BCUT2D eigenvalue weighted by Gasteiger charge is 2.31. The van der Waals surface area contributed by atoms with Crippen molar-refractivity contribution in [2.75, 3.05) is 6.61 Å². The number of rotatable bonds is 5. The molecule has 0 fully saturated rings. The number of ether oxygens (including phenoxy) is 1. The smallest absolute Gasteiger partial charge is 0.406 e. The van der Waals surface area contributed by atoms with Gasteiger partial charge in [0.25, 0.3) is 0 Å². The van der Waals surface area contributed by atoms with Gasteiger partial charge in [0.1, 0.15) is 23.6 Å². The van der Waals surface area contributed by atoms with Gasteiger partial charge in [0.05, 0.1) is 17.5 Å². The SMILES string of the molecule is CCCOc1cccc2c1nc(C(C)Cl)n2CC(F)(F)F. The fourth-order valence-corrected chi connectivity index (χ4v) is 2.28. The molecule has 1 unspecified atom stereocenters. The molecule has 2 rings (SSSR count). The zero-order chi connectivity index (χ0) is 15.6. The summed E-state index contributed by atoms with van der Waals surface area (Å²) >= 11 is 5.97.